The number of hydrogen-bond acceptors (Lipinski definition) is 10. The first kappa shape index (κ1) is 45.9. The summed E-state index contributed by atoms with van der Waals surface area (Å²) in [5.41, 5.74) is 4.98. The molecule has 2 saturated heterocycles. The lowest BCUT2D eigenvalue weighted by atomic mass is 9.74. The molecule has 3 aliphatic rings. The Labute approximate surface area is 368 Å². The molecule has 2 aromatic carbocycles. The molecule has 0 bridgehead atoms. The first-order valence-electron chi connectivity index (χ1n) is 22.6. The highest BCUT2D eigenvalue weighted by Gasteiger charge is 2.51. The van der Waals surface area contributed by atoms with Gasteiger partial charge in [0.2, 0.25) is 5.88 Å². The third kappa shape index (κ3) is 8.49. The molecule has 4 aromatic rings. The van der Waals surface area contributed by atoms with E-state index in [-0.39, 0.29) is 53.1 Å². The van der Waals surface area contributed by atoms with Crippen LogP contribution < -0.4 is 19.1 Å². The second-order valence-corrected chi connectivity index (χ2v) is 24.8. The van der Waals surface area contributed by atoms with Crippen LogP contribution in [0, 0.1) is 28.5 Å². The lowest BCUT2D eigenvalue weighted by molar-refractivity contribution is -0.0967. The highest BCUT2D eigenvalue weighted by atomic mass is 28.3. The van der Waals surface area contributed by atoms with Gasteiger partial charge >= 0.3 is 6.01 Å². The number of likely N-dealkylation sites (tertiary alicyclic amines) is 1. The predicted octanol–water partition coefficient (Wildman–Crippen LogP) is 10.7. The number of nitrogens with zero attached hydrogens (tertiary/aromatic N) is 5. The Balaban J connectivity index is 1.37. The van der Waals surface area contributed by atoms with Crippen LogP contribution in [0.4, 0.5) is 14.6 Å². The van der Waals surface area contributed by atoms with Crippen LogP contribution in [0.15, 0.2) is 24.3 Å². The lowest BCUT2D eigenvalue weighted by Crippen LogP contribution is -2.57. The van der Waals surface area contributed by atoms with Crippen LogP contribution in [0.1, 0.15) is 106 Å². The van der Waals surface area contributed by atoms with Gasteiger partial charge in [-0.05, 0) is 99.1 Å². The molecule has 13 heteroatoms. The van der Waals surface area contributed by atoms with Gasteiger partial charge in [0.1, 0.15) is 42.1 Å². The van der Waals surface area contributed by atoms with E-state index < -0.39 is 19.7 Å². The average Bonchev–Trinajstić information content (AvgIpc) is 3.66. The number of ether oxygens (including phenoxy) is 5. The molecule has 1 unspecified atom stereocenters. The summed E-state index contributed by atoms with van der Waals surface area (Å²) in [5, 5.41) is 1.34. The molecule has 0 N–H and O–H groups in total. The Bertz CT molecular complexity index is 2300. The Hall–Kier alpha value is -4.09. The van der Waals surface area contributed by atoms with E-state index in [0.29, 0.717) is 68.6 Å². The maximum absolute atomic E-state index is 17.8. The van der Waals surface area contributed by atoms with Gasteiger partial charge in [-0.25, -0.2) is 13.8 Å². The molecular formula is C49H67F2N5O5Si. The number of halogens is 2. The number of fused-ring (bicyclic) bond motifs is 3. The summed E-state index contributed by atoms with van der Waals surface area (Å²) in [6.07, 6.45) is 7.98. The van der Waals surface area contributed by atoms with Gasteiger partial charge in [-0.1, -0.05) is 60.0 Å². The van der Waals surface area contributed by atoms with Crippen molar-refractivity contribution in [2.45, 2.75) is 141 Å². The van der Waals surface area contributed by atoms with Gasteiger partial charge in [0, 0.05) is 49.7 Å². The SMILES string of the molecule is COCOc1cc(-c2nc(OC)c3c(N(C)C)nc(OC[C@]45CCC[C@H]4N(C4C[C@@H](C)O[C@@H](C)C4)CCC5)nc3c2F)c2c(C#C[Si](C(C)C)(C(C)C)C(C)C)c(F)ccc2c1. The molecule has 1 aliphatic carbocycles. The quantitative estimate of drug-likeness (QED) is 0.0735. The fourth-order valence-corrected chi connectivity index (χ4v) is 16.8. The summed E-state index contributed by atoms with van der Waals surface area (Å²) in [4.78, 5) is 19.0. The van der Waals surface area contributed by atoms with E-state index in [9.17, 15) is 0 Å². The maximum Gasteiger partial charge on any atom is 0.319 e. The van der Waals surface area contributed by atoms with Crippen molar-refractivity contribution >= 4 is 35.6 Å². The van der Waals surface area contributed by atoms with E-state index in [1.54, 1.807) is 23.1 Å². The Morgan fingerprint density at radius 1 is 0.919 bits per heavy atom. The van der Waals surface area contributed by atoms with Crippen LogP contribution in [-0.2, 0) is 9.47 Å². The molecule has 10 nitrogen and oxygen atoms in total. The lowest BCUT2D eigenvalue weighted by Gasteiger charge is -2.51. The summed E-state index contributed by atoms with van der Waals surface area (Å²) < 4.78 is 64.0. The molecule has 0 radical (unpaired) electrons. The number of hydrogen-bond donors (Lipinski definition) is 0. The van der Waals surface area contributed by atoms with Crippen molar-refractivity contribution in [3.05, 3.63) is 41.5 Å². The van der Waals surface area contributed by atoms with E-state index >= 15 is 8.78 Å². The molecule has 7 rings (SSSR count). The van der Waals surface area contributed by atoms with E-state index in [1.165, 1.54) is 20.3 Å². The maximum atomic E-state index is 17.8. The summed E-state index contributed by atoms with van der Waals surface area (Å²) >= 11 is 0. The molecule has 0 amide bonds. The third-order valence-electron chi connectivity index (χ3n) is 14.2. The minimum absolute atomic E-state index is 0.0114. The predicted molar refractivity (Wildman–Crippen MR) is 246 cm³/mol. The van der Waals surface area contributed by atoms with E-state index in [2.05, 4.69) is 71.8 Å². The van der Waals surface area contributed by atoms with Crippen LogP contribution >= 0.6 is 0 Å². The minimum atomic E-state index is -2.30. The van der Waals surface area contributed by atoms with E-state index in [0.717, 1.165) is 51.5 Å². The highest BCUT2D eigenvalue weighted by molar-refractivity contribution is 6.90. The van der Waals surface area contributed by atoms with Crippen LogP contribution in [0.3, 0.4) is 0 Å². The minimum Gasteiger partial charge on any atom is -0.480 e. The van der Waals surface area contributed by atoms with Gasteiger partial charge in [-0.2, -0.15) is 9.97 Å². The largest absolute Gasteiger partial charge is 0.480 e. The van der Waals surface area contributed by atoms with Crippen LogP contribution in [0.25, 0.3) is 32.9 Å². The standard InChI is InChI=1S/C49H67F2N5O5Si/c1-29(2)62(30(3)4,31(5)6)22-18-37-39(50)17-16-34-25-36(60-28-57-11)26-38(41(34)37)44-43(51)45-42(47(52-44)58-12)46(55(9)10)54-48(53-45)59-27-49-19-13-15-40(49)56(21-14-20-49)35-23-32(7)61-33(8)24-35/h16-17,25-26,29-33,35,40H,13-15,19-21,23-24,27-28H2,1-12H3/t32-,33+,35?,40-,49-/m1/s1. The molecule has 1 saturated carbocycles. The number of piperidine rings is 1. The topological polar surface area (TPSA) is 91.3 Å². The number of pyridine rings is 1. The number of aromatic nitrogens is 3. The zero-order valence-corrected chi connectivity index (χ0v) is 40.0. The second kappa shape index (κ2) is 18.6. The molecule has 3 fully saturated rings. The zero-order chi connectivity index (χ0) is 44.7. The molecule has 62 heavy (non-hydrogen) atoms. The first-order valence-corrected chi connectivity index (χ1v) is 24.9. The summed E-state index contributed by atoms with van der Waals surface area (Å²) in [5.74, 6) is 3.06. The van der Waals surface area contributed by atoms with Crippen LogP contribution in [0.5, 0.6) is 17.6 Å². The normalized spacial score (nSPS) is 23.2. The van der Waals surface area contributed by atoms with Crippen LogP contribution in [-0.4, -0.2) is 100 Å². The average molecular weight is 872 g/mol. The third-order valence-corrected chi connectivity index (χ3v) is 20.5. The number of benzene rings is 2. The van der Waals surface area contributed by atoms with Gasteiger partial charge in [-0.3, -0.25) is 4.90 Å². The van der Waals surface area contributed by atoms with E-state index in [4.69, 9.17) is 38.6 Å². The monoisotopic (exact) mass is 871 g/mol. The van der Waals surface area contributed by atoms with Crippen molar-refractivity contribution in [1.29, 1.82) is 0 Å². The molecule has 0 spiro atoms. The Morgan fingerprint density at radius 3 is 2.26 bits per heavy atom. The molecule has 336 valence electrons. The molecule has 4 heterocycles. The van der Waals surface area contributed by atoms with Crippen molar-refractivity contribution < 1.29 is 32.5 Å². The van der Waals surface area contributed by atoms with Gasteiger partial charge < -0.3 is 28.6 Å². The summed E-state index contributed by atoms with van der Waals surface area (Å²) in [7, 11) is 4.39. The van der Waals surface area contributed by atoms with Gasteiger partial charge in [0.05, 0.1) is 31.5 Å². The second-order valence-electron chi connectivity index (χ2n) is 19.2. The van der Waals surface area contributed by atoms with Crippen LogP contribution in [0.2, 0.25) is 16.6 Å². The number of rotatable bonds is 13. The fourth-order valence-electron chi connectivity index (χ4n) is 11.6. The van der Waals surface area contributed by atoms with E-state index in [1.807, 2.05) is 14.1 Å². The molecular weight excluding hydrogens is 805 g/mol. The zero-order valence-electron chi connectivity index (χ0n) is 39.0. The summed E-state index contributed by atoms with van der Waals surface area (Å²) in [6, 6.07) is 7.47. The Morgan fingerprint density at radius 2 is 1.61 bits per heavy atom. The van der Waals surface area contributed by atoms with Gasteiger partial charge in [0.25, 0.3) is 0 Å². The van der Waals surface area contributed by atoms with Gasteiger partial charge in [-0.15, -0.1) is 5.54 Å². The molecule has 5 atom stereocenters. The highest BCUT2D eigenvalue weighted by Crippen LogP contribution is 2.50. The molecule has 2 aliphatic heterocycles. The van der Waals surface area contributed by atoms with Crippen molar-refractivity contribution in [2.75, 3.05) is 53.2 Å². The molecule has 2 aromatic heterocycles. The summed E-state index contributed by atoms with van der Waals surface area (Å²) in [6.45, 7) is 19.1. The number of anilines is 1. The Kier molecular flexibility index (Phi) is 13.7. The van der Waals surface area contributed by atoms with Crippen molar-refractivity contribution in [3.8, 4) is 40.4 Å². The number of methoxy groups -OCH3 is 2. The van der Waals surface area contributed by atoms with Gasteiger partial charge in [0.15, 0.2) is 12.6 Å². The first-order chi connectivity index (χ1) is 29.5. The smallest absolute Gasteiger partial charge is 0.319 e. The van der Waals surface area contributed by atoms with Crippen molar-refractivity contribution in [2.24, 2.45) is 5.41 Å². The van der Waals surface area contributed by atoms with Crippen molar-refractivity contribution in [3.63, 3.8) is 0 Å². The van der Waals surface area contributed by atoms with Crippen molar-refractivity contribution in [1.82, 2.24) is 19.9 Å². The fraction of sp³-hybridized carbons (Fsp3) is 0.612.